The number of carbonyl (C=O) groups is 2. The van der Waals surface area contributed by atoms with E-state index in [1.807, 2.05) is 13.8 Å². The summed E-state index contributed by atoms with van der Waals surface area (Å²) >= 11 is 9.61. The van der Waals surface area contributed by atoms with E-state index in [0.29, 0.717) is 29.4 Å². The summed E-state index contributed by atoms with van der Waals surface area (Å²) in [7, 11) is 0. The van der Waals surface area contributed by atoms with Crippen molar-refractivity contribution in [3.05, 3.63) is 23.2 Å². The zero-order chi connectivity index (χ0) is 15.6. The highest BCUT2D eigenvalue weighted by Crippen LogP contribution is 2.32. The van der Waals surface area contributed by atoms with E-state index in [1.54, 1.807) is 23.1 Å². The van der Waals surface area contributed by atoms with Crippen LogP contribution >= 0.6 is 27.5 Å². The fourth-order valence-electron chi connectivity index (χ4n) is 2.22. The van der Waals surface area contributed by atoms with Gasteiger partial charge in [0.15, 0.2) is 0 Å². The Morgan fingerprint density at radius 1 is 1.43 bits per heavy atom. The zero-order valence-electron chi connectivity index (χ0n) is 12.0. The van der Waals surface area contributed by atoms with Gasteiger partial charge >= 0.3 is 0 Å². The van der Waals surface area contributed by atoms with Gasteiger partial charge in [-0.05, 0) is 30.5 Å². The van der Waals surface area contributed by atoms with Crippen LogP contribution in [0.25, 0.3) is 0 Å². The van der Waals surface area contributed by atoms with E-state index in [9.17, 15) is 9.59 Å². The van der Waals surface area contributed by atoms with Crippen LogP contribution in [0.5, 0.6) is 0 Å². The lowest BCUT2D eigenvalue weighted by Gasteiger charge is -2.19. The molecule has 1 aromatic carbocycles. The second kappa shape index (κ2) is 6.79. The number of amides is 2. The van der Waals surface area contributed by atoms with Gasteiger partial charge in [-0.25, -0.2) is 0 Å². The number of rotatable bonds is 4. The van der Waals surface area contributed by atoms with Crippen LogP contribution in [0.4, 0.5) is 11.4 Å². The lowest BCUT2D eigenvalue weighted by molar-refractivity contribution is -0.117. The van der Waals surface area contributed by atoms with Crippen LogP contribution in [0.15, 0.2) is 18.2 Å². The third-order valence-corrected chi connectivity index (χ3v) is 5.19. The molecule has 1 atom stereocenters. The number of hydrogen-bond donors (Lipinski definition) is 1. The minimum absolute atomic E-state index is 0.0917. The first-order valence-electron chi connectivity index (χ1n) is 6.95. The molecule has 4 nitrogen and oxygen atoms in total. The first-order valence-corrected chi connectivity index (χ1v) is 8.24. The summed E-state index contributed by atoms with van der Waals surface area (Å²) in [5.41, 5.74) is 1.34. The molecule has 0 spiro atoms. The van der Waals surface area contributed by atoms with Crippen LogP contribution in [0.3, 0.4) is 0 Å². The monoisotopic (exact) mass is 372 g/mol. The van der Waals surface area contributed by atoms with Crippen molar-refractivity contribution in [1.82, 2.24) is 0 Å². The zero-order valence-corrected chi connectivity index (χ0v) is 14.4. The van der Waals surface area contributed by atoms with Gasteiger partial charge in [0, 0.05) is 18.7 Å². The van der Waals surface area contributed by atoms with Crippen molar-refractivity contribution in [2.45, 2.75) is 31.5 Å². The molecule has 6 heteroatoms. The van der Waals surface area contributed by atoms with Crippen LogP contribution in [0, 0.1) is 5.92 Å². The van der Waals surface area contributed by atoms with Crippen LogP contribution in [-0.2, 0) is 9.59 Å². The molecular formula is C15H18BrClN2O2. The van der Waals surface area contributed by atoms with Crippen molar-refractivity contribution >= 4 is 50.7 Å². The van der Waals surface area contributed by atoms with Gasteiger partial charge in [0.2, 0.25) is 11.8 Å². The highest BCUT2D eigenvalue weighted by molar-refractivity contribution is 9.10. The van der Waals surface area contributed by atoms with Crippen molar-refractivity contribution < 1.29 is 9.59 Å². The minimum Gasteiger partial charge on any atom is -0.325 e. The fraction of sp³-hybridized carbons (Fsp3) is 0.467. The van der Waals surface area contributed by atoms with E-state index >= 15 is 0 Å². The van der Waals surface area contributed by atoms with Crippen molar-refractivity contribution in [3.8, 4) is 0 Å². The Bertz CT molecular complexity index is 563. The number of nitrogens with zero attached hydrogens (tertiary/aromatic N) is 1. The maximum absolute atomic E-state index is 12.0. The Morgan fingerprint density at radius 2 is 2.14 bits per heavy atom. The van der Waals surface area contributed by atoms with Gasteiger partial charge < -0.3 is 10.2 Å². The largest absolute Gasteiger partial charge is 0.325 e. The Kier molecular flexibility index (Phi) is 5.27. The van der Waals surface area contributed by atoms with E-state index < -0.39 is 0 Å². The van der Waals surface area contributed by atoms with E-state index in [4.69, 9.17) is 11.6 Å². The fourth-order valence-corrected chi connectivity index (χ4v) is 2.62. The van der Waals surface area contributed by atoms with Gasteiger partial charge in [-0.2, -0.15) is 0 Å². The molecule has 0 aliphatic carbocycles. The summed E-state index contributed by atoms with van der Waals surface area (Å²) in [6.45, 7) is 4.63. The summed E-state index contributed by atoms with van der Waals surface area (Å²) in [6.07, 6.45) is 1.42. The van der Waals surface area contributed by atoms with E-state index in [0.717, 1.165) is 6.42 Å². The molecule has 1 aliphatic heterocycles. The number of nitrogens with one attached hydrogen (secondary N) is 1. The molecule has 21 heavy (non-hydrogen) atoms. The predicted molar refractivity (Wildman–Crippen MR) is 89.2 cm³/mol. The van der Waals surface area contributed by atoms with Gasteiger partial charge in [-0.1, -0.05) is 41.4 Å². The van der Waals surface area contributed by atoms with Crippen molar-refractivity contribution in [2.75, 3.05) is 16.8 Å². The van der Waals surface area contributed by atoms with Crippen molar-refractivity contribution in [2.24, 2.45) is 5.92 Å². The van der Waals surface area contributed by atoms with Gasteiger partial charge in [-0.3, -0.25) is 9.59 Å². The molecule has 0 saturated carbocycles. The highest BCUT2D eigenvalue weighted by Gasteiger charge is 2.24. The summed E-state index contributed by atoms with van der Waals surface area (Å²) in [6, 6.07) is 5.23. The van der Waals surface area contributed by atoms with Crippen molar-refractivity contribution in [3.63, 3.8) is 0 Å². The third-order valence-electron chi connectivity index (χ3n) is 3.42. The quantitative estimate of drug-likeness (QED) is 0.816. The standard InChI is InChI=1S/C15H18BrClN2O2/c1-9(2)14(16)15(21)18-10-5-6-12(11(17)8-10)19-7-3-4-13(19)20/h5-6,8-9,14H,3-4,7H2,1-2H3,(H,18,21). The Hall–Kier alpha value is -1.07. The average Bonchev–Trinajstić information content (AvgIpc) is 2.84. The molecular weight excluding hydrogens is 356 g/mol. The number of carbonyl (C=O) groups excluding carboxylic acids is 2. The molecule has 0 bridgehead atoms. The van der Waals surface area contributed by atoms with Gasteiger partial charge in [0.05, 0.1) is 15.5 Å². The van der Waals surface area contributed by atoms with Gasteiger partial charge in [0.1, 0.15) is 0 Å². The van der Waals surface area contributed by atoms with Crippen molar-refractivity contribution in [1.29, 1.82) is 0 Å². The third kappa shape index (κ3) is 3.77. The molecule has 2 amide bonds. The smallest absolute Gasteiger partial charge is 0.238 e. The molecule has 1 heterocycles. The molecule has 1 saturated heterocycles. The van der Waals surface area contributed by atoms with Crippen LogP contribution in [0.1, 0.15) is 26.7 Å². The van der Waals surface area contributed by atoms with Gasteiger partial charge in [-0.15, -0.1) is 0 Å². The molecule has 1 aliphatic rings. The Labute approximate surface area is 138 Å². The first-order chi connectivity index (χ1) is 9.90. The summed E-state index contributed by atoms with van der Waals surface area (Å²) < 4.78 is 0. The first kappa shape index (κ1) is 16.3. The second-order valence-electron chi connectivity index (χ2n) is 5.45. The Balaban J connectivity index is 2.12. The van der Waals surface area contributed by atoms with E-state index in [-0.39, 0.29) is 22.6 Å². The number of alkyl halides is 1. The van der Waals surface area contributed by atoms with Gasteiger partial charge in [0.25, 0.3) is 0 Å². The summed E-state index contributed by atoms with van der Waals surface area (Å²) in [5, 5.41) is 3.29. The maximum Gasteiger partial charge on any atom is 0.238 e. The molecule has 2 rings (SSSR count). The Morgan fingerprint density at radius 3 is 2.67 bits per heavy atom. The minimum atomic E-state index is -0.254. The molecule has 1 unspecified atom stereocenters. The molecule has 114 valence electrons. The SMILES string of the molecule is CC(C)C(Br)C(=O)Nc1ccc(N2CCCC2=O)c(Cl)c1. The summed E-state index contributed by atoms with van der Waals surface area (Å²) in [4.78, 5) is 25.2. The molecule has 1 N–H and O–H groups in total. The lowest BCUT2D eigenvalue weighted by Crippen LogP contribution is -2.27. The van der Waals surface area contributed by atoms with E-state index in [2.05, 4.69) is 21.2 Å². The maximum atomic E-state index is 12.0. The normalized spacial score (nSPS) is 16.4. The number of halogens is 2. The predicted octanol–water partition coefficient (Wildman–Crippen LogP) is 3.82. The lowest BCUT2D eigenvalue weighted by atomic mass is 10.1. The molecule has 1 aromatic rings. The van der Waals surface area contributed by atoms with Crippen LogP contribution in [0.2, 0.25) is 5.02 Å². The second-order valence-corrected chi connectivity index (χ2v) is 6.84. The highest BCUT2D eigenvalue weighted by atomic mass is 79.9. The molecule has 0 aromatic heterocycles. The average molecular weight is 374 g/mol. The van der Waals surface area contributed by atoms with E-state index in [1.165, 1.54) is 0 Å². The topological polar surface area (TPSA) is 49.4 Å². The van der Waals surface area contributed by atoms with Crippen LogP contribution in [-0.4, -0.2) is 23.2 Å². The number of anilines is 2. The number of benzene rings is 1. The molecule has 1 fully saturated rings. The summed E-state index contributed by atoms with van der Waals surface area (Å²) in [5.74, 6) is 0.182. The molecule has 0 radical (unpaired) electrons. The number of hydrogen-bond acceptors (Lipinski definition) is 2. The van der Waals surface area contributed by atoms with Crippen LogP contribution < -0.4 is 10.2 Å².